The van der Waals surface area contributed by atoms with Crippen LogP contribution in [0.3, 0.4) is 0 Å². The Morgan fingerprint density at radius 3 is 1.00 bits per heavy atom. The molecule has 4 aromatic rings. The van der Waals surface area contributed by atoms with Gasteiger partial charge in [-0.3, -0.25) is 0 Å². The lowest BCUT2D eigenvalue weighted by atomic mass is 9.86. The van der Waals surface area contributed by atoms with Crippen LogP contribution in [0.2, 0.25) is 0 Å². The van der Waals surface area contributed by atoms with Crippen molar-refractivity contribution in [2.75, 3.05) is 0 Å². The summed E-state index contributed by atoms with van der Waals surface area (Å²) in [6.07, 6.45) is 0. The number of phosphoric ester groups is 2. The lowest BCUT2D eigenvalue weighted by molar-refractivity contribution is -0.335. The van der Waals surface area contributed by atoms with Crippen molar-refractivity contribution in [2.45, 2.75) is 0 Å². The Morgan fingerprint density at radius 1 is 0.444 bits per heavy atom. The van der Waals surface area contributed by atoms with Crippen LogP contribution in [0.4, 0.5) is 0 Å². The molecule has 0 radical (unpaired) electrons. The zero-order valence-electron chi connectivity index (χ0n) is 18.6. The lowest BCUT2D eigenvalue weighted by Crippen LogP contribution is -2.18. The molecule has 0 atom stereocenters. The van der Waals surface area contributed by atoms with Gasteiger partial charge in [-0.15, -0.1) is 0 Å². The molecule has 0 bridgehead atoms. The van der Waals surface area contributed by atoms with E-state index in [0.717, 1.165) is 22.3 Å². The van der Waals surface area contributed by atoms with Crippen molar-refractivity contribution in [3.8, 4) is 11.5 Å². The molecule has 0 N–H and O–H groups in total. The zero-order chi connectivity index (χ0) is 25.8. The second kappa shape index (κ2) is 10.6. The van der Waals surface area contributed by atoms with Crippen molar-refractivity contribution in [1.29, 1.82) is 0 Å². The van der Waals surface area contributed by atoms with Crippen LogP contribution in [0.1, 0.15) is 22.3 Å². The topological polar surface area (TPSA) is 145 Å². The Morgan fingerprint density at radius 2 is 0.722 bits per heavy atom. The number of benzene rings is 4. The van der Waals surface area contributed by atoms with Gasteiger partial charge in [0.05, 0.1) is 0 Å². The van der Waals surface area contributed by atoms with Crippen LogP contribution < -0.4 is 28.6 Å². The molecule has 0 heterocycles. The molecule has 184 valence electrons. The standard InChI is InChI=1S/C26H22O8P2/c27-35(28,29)33-23-15-11-21(12-16-23)25(19-7-3-1-4-8-19)26(20-9-5-2-6-10-20)22-13-17-24(18-14-22)34-36(30,31)32/h1-18H,(H2,27,28,29)(H2,30,31,32)/p-4/b26-25+. The first-order valence-electron chi connectivity index (χ1n) is 10.6. The minimum atomic E-state index is -5.21. The predicted octanol–water partition coefficient (Wildman–Crippen LogP) is 3.11. The first-order valence-corrected chi connectivity index (χ1v) is 13.5. The SMILES string of the molecule is O=P([O-])([O-])Oc1ccc(/C(=C(\c2ccccc2)c2ccc(OP(=O)([O-])[O-])cc2)c2ccccc2)cc1. The Kier molecular flexibility index (Phi) is 7.57. The molecule has 36 heavy (non-hydrogen) atoms. The predicted molar refractivity (Wildman–Crippen MR) is 127 cm³/mol. The average Bonchev–Trinajstić information content (AvgIpc) is 2.83. The Balaban J connectivity index is 1.93. The molecule has 0 aliphatic heterocycles. The maximum Gasteiger partial charge on any atom is 0.124 e. The van der Waals surface area contributed by atoms with E-state index in [1.807, 2.05) is 60.7 Å². The number of rotatable bonds is 8. The van der Waals surface area contributed by atoms with Gasteiger partial charge in [-0.1, -0.05) is 84.9 Å². The van der Waals surface area contributed by atoms with Crippen molar-refractivity contribution in [3.05, 3.63) is 131 Å². The molecule has 0 aliphatic carbocycles. The van der Waals surface area contributed by atoms with Crippen LogP contribution >= 0.6 is 15.6 Å². The van der Waals surface area contributed by atoms with Crippen LogP contribution in [0.15, 0.2) is 109 Å². The smallest absolute Gasteiger partial charge is 0.124 e. The summed E-state index contributed by atoms with van der Waals surface area (Å²) in [5, 5.41) is 0. The summed E-state index contributed by atoms with van der Waals surface area (Å²) in [6, 6.07) is 31.0. The first kappa shape index (κ1) is 25.6. The quantitative estimate of drug-likeness (QED) is 0.255. The molecule has 0 aliphatic rings. The second-order valence-corrected chi connectivity index (χ2v) is 9.76. The molecular weight excluding hydrogens is 502 g/mol. The van der Waals surface area contributed by atoms with Crippen molar-refractivity contribution in [2.24, 2.45) is 0 Å². The van der Waals surface area contributed by atoms with Gasteiger partial charge in [0.1, 0.15) is 27.1 Å². The summed E-state index contributed by atoms with van der Waals surface area (Å²) >= 11 is 0. The molecule has 4 aromatic carbocycles. The van der Waals surface area contributed by atoms with Gasteiger partial charge in [0.15, 0.2) is 0 Å². The van der Waals surface area contributed by atoms with E-state index in [-0.39, 0.29) is 11.5 Å². The lowest BCUT2D eigenvalue weighted by Gasteiger charge is -2.29. The third kappa shape index (κ3) is 6.80. The highest BCUT2D eigenvalue weighted by Gasteiger charge is 2.16. The molecule has 0 amide bonds. The molecule has 8 nitrogen and oxygen atoms in total. The van der Waals surface area contributed by atoms with E-state index < -0.39 is 15.6 Å². The van der Waals surface area contributed by atoms with Crippen LogP contribution in [0.5, 0.6) is 11.5 Å². The van der Waals surface area contributed by atoms with E-state index in [2.05, 4.69) is 9.05 Å². The Bertz CT molecular complexity index is 1330. The van der Waals surface area contributed by atoms with Crippen molar-refractivity contribution >= 4 is 26.8 Å². The summed E-state index contributed by atoms with van der Waals surface area (Å²) < 4.78 is 30.9. The van der Waals surface area contributed by atoms with Gasteiger partial charge in [-0.2, -0.15) is 0 Å². The summed E-state index contributed by atoms with van der Waals surface area (Å²) in [6.45, 7) is 0. The van der Waals surface area contributed by atoms with Gasteiger partial charge in [0.25, 0.3) is 0 Å². The average molecular weight is 520 g/mol. The highest BCUT2D eigenvalue weighted by Crippen LogP contribution is 2.39. The second-order valence-electron chi connectivity index (χ2n) is 7.61. The van der Waals surface area contributed by atoms with Crippen LogP contribution in [-0.2, 0) is 9.13 Å². The molecule has 0 fully saturated rings. The number of hydrogen-bond acceptors (Lipinski definition) is 8. The van der Waals surface area contributed by atoms with Crippen LogP contribution in [0, 0.1) is 0 Å². The van der Waals surface area contributed by atoms with Crippen molar-refractivity contribution < 1.29 is 37.8 Å². The van der Waals surface area contributed by atoms with Crippen molar-refractivity contribution in [1.82, 2.24) is 0 Å². The molecule has 0 spiro atoms. The van der Waals surface area contributed by atoms with Crippen molar-refractivity contribution in [3.63, 3.8) is 0 Å². The maximum atomic E-state index is 11.0. The van der Waals surface area contributed by atoms with Gasteiger partial charge in [-0.05, 0) is 57.7 Å². The van der Waals surface area contributed by atoms with Gasteiger partial charge < -0.3 is 37.8 Å². The van der Waals surface area contributed by atoms with E-state index in [9.17, 15) is 28.7 Å². The highest BCUT2D eigenvalue weighted by atomic mass is 31.2. The van der Waals surface area contributed by atoms with E-state index >= 15 is 0 Å². The summed E-state index contributed by atoms with van der Waals surface area (Å²) in [7, 11) is -10.4. The van der Waals surface area contributed by atoms with Gasteiger partial charge in [-0.25, -0.2) is 0 Å². The minimum Gasteiger partial charge on any atom is -0.780 e. The maximum absolute atomic E-state index is 11.0. The van der Waals surface area contributed by atoms with E-state index in [4.69, 9.17) is 0 Å². The van der Waals surface area contributed by atoms with E-state index in [1.54, 1.807) is 24.3 Å². The molecule has 10 heteroatoms. The molecule has 0 saturated heterocycles. The molecular formula is C26H18O8P2-4. The summed E-state index contributed by atoms with van der Waals surface area (Å²) in [4.78, 5) is 44.0. The molecule has 0 saturated carbocycles. The largest absolute Gasteiger partial charge is 0.780 e. The number of phosphoric acid groups is 2. The molecule has 0 aromatic heterocycles. The normalized spacial score (nSPS) is 12.6. The van der Waals surface area contributed by atoms with E-state index in [1.165, 1.54) is 24.3 Å². The Labute approximate surface area is 207 Å². The van der Waals surface area contributed by atoms with Gasteiger partial charge in [0.2, 0.25) is 0 Å². The monoisotopic (exact) mass is 520 g/mol. The fraction of sp³-hybridized carbons (Fsp3) is 0. The van der Waals surface area contributed by atoms with Crippen LogP contribution in [-0.4, -0.2) is 0 Å². The van der Waals surface area contributed by atoms with Gasteiger partial charge in [0, 0.05) is 0 Å². The fourth-order valence-electron chi connectivity index (χ4n) is 3.74. The minimum absolute atomic E-state index is 0.109. The highest BCUT2D eigenvalue weighted by molar-refractivity contribution is 7.43. The molecule has 4 rings (SSSR count). The summed E-state index contributed by atoms with van der Waals surface area (Å²) in [5.41, 5.74) is 4.62. The fourth-order valence-corrected chi connectivity index (χ4v) is 4.50. The first-order chi connectivity index (χ1) is 17.1. The zero-order valence-corrected chi connectivity index (χ0v) is 20.3. The van der Waals surface area contributed by atoms with Gasteiger partial charge >= 0.3 is 0 Å². The van der Waals surface area contributed by atoms with Crippen LogP contribution in [0.25, 0.3) is 11.1 Å². The third-order valence-corrected chi connectivity index (χ3v) is 5.96. The van der Waals surface area contributed by atoms with E-state index in [0.29, 0.717) is 11.1 Å². The number of hydrogen-bond donors (Lipinski definition) is 0. The molecule has 0 unspecified atom stereocenters. The third-order valence-electron chi connectivity index (χ3n) is 5.10. The summed E-state index contributed by atoms with van der Waals surface area (Å²) in [5.74, 6) is -0.219. The Hall–Kier alpha value is -3.48.